The summed E-state index contributed by atoms with van der Waals surface area (Å²) in [5.74, 6) is 2.01. The third kappa shape index (κ3) is 4.57. The molecular weight excluding hydrogens is 467 g/mol. The molecule has 1 saturated heterocycles. The molecule has 0 aromatic carbocycles. The quantitative estimate of drug-likeness (QED) is 0.291. The van der Waals surface area contributed by atoms with E-state index in [1.54, 1.807) is 4.68 Å². The van der Waals surface area contributed by atoms with Crippen molar-refractivity contribution < 1.29 is 0 Å². The largest absolute Gasteiger partial charge is 0.357 e. The zero-order valence-corrected chi connectivity index (χ0v) is 19.5. The van der Waals surface area contributed by atoms with Crippen molar-refractivity contribution in [3.05, 3.63) is 16.3 Å². The second-order valence-corrected chi connectivity index (χ2v) is 8.50. The summed E-state index contributed by atoms with van der Waals surface area (Å²) in [6, 6.07) is 0. The summed E-state index contributed by atoms with van der Waals surface area (Å²) in [6.07, 6.45) is 10.9. The SMILES string of the molecule is CCNC(=NCCCn1nc2n(c1=O)CCCC2)N1CCC2(CCCC2)C1.I. The minimum Gasteiger partial charge on any atom is -0.357 e. The maximum Gasteiger partial charge on any atom is 0.345 e. The van der Waals surface area contributed by atoms with Gasteiger partial charge in [0.25, 0.3) is 0 Å². The van der Waals surface area contributed by atoms with Crippen LogP contribution >= 0.6 is 24.0 Å². The smallest absolute Gasteiger partial charge is 0.345 e. The molecule has 0 amide bonds. The molecule has 1 N–H and O–H groups in total. The fourth-order valence-electron chi connectivity index (χ4n) is 5.07. The van der Waals surface area contributed by atoms with Crippen LogP contribution in [-0.2, 0) is 19.5 Å². The van der Waals surface area contributed by atoms with Crippen LogP contribution in [0.1, 0.15) is 64.1 Å². The molecule has 1 saturated carbocycles. The van der Waals surface area contributed by atoms with Gasteiger partial charge in [-0.15, -0.1) is 24.0 Å². The standard InChI is InChI=1S/C20H34N6O.HI/c1-2-21-18(24-15-11-20(16-24)9-4-5-10-20)22-12-7-14-26-19(27)25-13-6-3-8-17(25)23-26;/h2-16H2,1H3,(H,21,22);1H. The molecule has 3 aliphatic rings. The third-order valence-electron chi connectivity index (χ3n) is 6.56. The lowest BCUT2D eigenvalue weighted by Crippen LogP contribution is -2.41. The fourth-order valence-corrected chi connectivity index (χ4v) is 5.07. The Hall–Kier alpha value is -1.06. The van der Waals surface area contributed by atoms with Gasteiger partial charge in [0, 0.05) is 45.7 Å². The lowest BCUT2D eigenvalue weighted by atomic mass is 9.86. The highest BCUT2D eigenvalue weighted by Crippen LogP contribution is 2.45. The number of aryl methyl sites for hydroxylation is 2. The van der Waals surface area contributed by atoms with Gasteiger partial charge < -0.3 is 10.2 Å². The van der Waals surface area contributed by atoms with Crippen molar-refractivity contribution in [3.63, 3.8) is 0 Å². The van der Waals surface area contributed by atoms with Crippen LogP contribution in [0.3, 0.4) is 0 Å². The first-order valence-electron chi connectivity index (χ1n) is 10.9. The number of halogens is 1. The molecule has 0 bridgehead atoms. The zero-order chi connectivity index (χ0) is 18.7. The van der Waals surface area contributed by atoms with E-state index in [-0.39, 0.29) is 29.7 Å². The van der Waals surface area contributed by atoms with Crippen LogP contribution in [0.25, 0.3) is 0 Å². The number of hydrogen-bond donors (Lipinski definition) is 1. The van der Waals surface area contributed by atoms with Gasteiger partial charge in [0.1, 0.15) is 5.82 Å². The van der Waals surface area contributed by atoms with E-state index in [1.165, 1.54) is 32.1 Å². The number of likely N-dealkylation sites (tertiary alicyclic amines) is 1. The molecule has 7 nitrogen and oxygen atoms in total. The van der Waals surface area contributed by atoms with Gasteiger partial charge in [0.2, 0.25) is 0 Å². The highest BCUT2D eigenvalue weighted by atomic mass is 127. The molecule has 158 valence electrons. The Bertz CT molecular complexity index is 734. The van der Waals surface area contributed by atoms with Crippen LogP contribution in [0.5, 0.6) is 0 Å². The number of rotatable bonds is 5. The molecule has 2 aliphatic heterocycles. The lowest BCUT2D eigenvalue weighted by Gasteiger charge is -2.26. The van der Waals surface area contributed by atoms with E-state index in [0.29, 0.717) is 12.0 Å². The topological polar surface area (TPSA) is 67.5 Å². The van der Waals surface area contributed by atoms with Crippen LogP contribution in [0, 0.1) is 5.41 Å². The molecule has 0 unspecified atom stereocenters. The van der Waals surface area contributed by atoms with E-state index in [0.717, 1.165) is 70.2 Å². The van der Waals surface area contributed by atoms with Gasteiger partial charge in [-0.25, -0.2) is 9.48 Å². The van der Waals surface area contributed by atoms with E-state index in [2.05, 4.69) is 22.2 Å². The third-order valence-corrected chi connectivity index (χ3v) is 6.56. The molecule has 2 fully saturated rings. The Labute approximate surface area is 185 Å². The van der Waals surface area contributed by atoms with Gasteiger partial charge in [-0.3, -0.25) is 9.56 Å². The zero-order valence-electron chi connectivity index (χ0n) is 17.2. The molecule has 1 aromatic rings. The predicted octanol–water partition coefficient (Wildman–Crippen LogP) is 2.62. The normalized spacial score (nSPS) is 21.0. The lowest BCUT2D eigenvalue weighted by molar-refractivity contribution is 0.309. The minimum absolute atomic E-state index is 0. The van der Waals surface area contributed by atoms with Gasteiger partial charge in [0.15, 0.2) is 5.96 Å². The van der Waals surface area contributed by atoms with Crippen LogP contribution in [0.4, 0.5) is 0 Å². The van der Waals surface area contributed by atoms with Crippen molar-refractivity contribution in [1.82, 2.24) is 24.6 Å². The molecular formula is C20H35IN6O. The Kier molecular flexibility index (Phi) is 7.44. The highest BCUT2D eigenvalue weighted by Gasteiger charge is 2.41. The number of nitrogens with one attached hydrogen (secondary N) is 1. The van der Waals surface area contributed by atoms with Gasteiger partial charge in [0.05, 0.1) is 0 Å². The van der Waals surface area contributed by atoms with Crippen molar-refractivity contribution in [2.24, 2.45) is 10.4 Å². The van der Waals surface area contributed by atoms with Gasteiger partial charge in [-0.1, -0.05) is 12.8 Å². The maximum absolute atomic E-state index is 12.4. The van der Waals surface area contributed by atoms with Crippen LogP contribution in [-0.4, -0.2) is 51.4 Å². The van der Waals surface area contributed by atoms with E-state index < -0.39 is 0 Å². The molecule has 28 heavy (non-hydrogen) atoms. The number of guanidine groups is 1. The van der Waals surface area contributed by atoms with Crippen LogP contribution < -0.4 is 11.0 Å². The van der Waals surface area contributed by atoms with Crippen molar-refractivity contribution in [2.45, 2.75) is 77.8 Å². The first kappa shape index (κ1) is 21.6. The molecule has 3 heterocycles. The summed E-state index contributed by atoms with van der Waals surface area (Å²) in [4.78, 5) is 19.7. The molecule has 1 aromatic heterocycles. The van der Waals surface area contributed by atoms with E-state index in [4.69, 9.17) is 4.99 Å². The monoisotopic (exact) mass is 502 g/mol. The van der Waals surface area contributed by atoms with Gasteiger partial charge in [-0.05, 0) is 50.9 Å². The first-order chi connectivity index (χ1) is 13.2. The summed E-state index contributed by atoms with van der Waals surface area (Å²) < 4.78 is 3.49. The summed E-state index contributed by atoms with van der Waals surface area (Å²) in [5, 5.41) is 7.99. The first-order valence-corrected chi connectivity index (χ1v) is 10.9. The molecule has 0 radical (unpaired) electrons. The summed E-state index contributed by atoms with van der Waals surface area (Å²) in [6.45, 7) is 7.53. The van der Waals surface area contributed by atoms with E-state index in [9.17, 15) is 4.79 Å². The predicted molar refractivity (Wildman–Crippen MR) is 123 cm³/mol. The molecule has 0 atom stereocenters. The van der Waals surface area contributed by atoms with Gasteiger partial charge in [-0.2, -0.15) is 5.10 Å². The van der Waals surface area contributed by atoms with E-state index >= 15 is 0 Å². The second kappa shape index (κ2) is 9.63. The molecule has 8 heteroatoms. The van der Waals surface area contributed by atoms with Crippen molar-refractivity contribution >= 4 is 29.9 Å². The Morgan fingerprint density at radius 1 is 1.18 bits per heavy atom. The molecule has 4 rings (SSSR count). The maximum atomic E-state index is 12.4. The number of hydrogen-bond acceptors (Lipinski definition) is 3. The number of aromatic nitrogens is 3. The van der Waals surface area contributed by atoms with Crippen molar-refractivity contribution in [3.8, 4) is 0 Å². The average molecular weight is 502 g/mol. The minimum atomic E-state index is 0. The summed E-state index contributed by atoms with van der Waals surface area (Å²) >= 11 is 0. The summed E-state index contributed by atoms with van der Waals surface area (Å²) in [7, 11) is 0. The van der Waals surface area contributed by atoms with Crippen molar-refractivity contribution in [1.29, 1.82) is 0 Å². The summed E-state index contributed by atoms with van der Waals surface area (Å²) in [5.41, 5.74) is 0.613. The Morgan fingerprint density at radius 3 is 2.75 bits per heavy atom. The van der Waals surface area contributed by atoms with E-state index in [1.807, 2.05) is 4.57 Å². The molecule has 1 aliphatic carbocycles. The van der Waals surface area contributed by atoms with Crippen LogP contribution in [0.15, 0.2) is 9.79 Å². The highest BCUT2D eigenvalue weighted by molar-refractivity contribution is 14.0. The Balaban J connectivity index is 0.00000225. The number of fused-ring (bicyclic) bond motifs is 1. The van der Waals surface area contributed by atoms with Crippen LogP contribution in [0.2, 0.25) is 0 Å². The average Bonchev–Trinajstić information content (AvgIpc) is 3.40. The Morgan fingerprint density at radius 2 is 2.00 bits per heavy atom. The number of nitrogens with zero attached hydrogens (tertiary/aromatic N) is 5. The van der Waals surface area contributed by atoms with Crippen molar-refractivity contribution in [2.75, 3.05) is 26.2 Å². The second-order valence-electron chi connectivity index (χ2n) is 8.50. The molecule has 1 spiro atoms. The van der Waals surface area contributed by atoms with Gasteiger partial charge >= 0.3 is 5.69 Å². The fraction of sp³-hybridized carbons (Fsp3) is 0.850. The number of aliphatic imine (C=N–C) groups is 1.